The molecule has 0 radical (unpaired) electrons. The molecule has 0 rings (SSSR count). The van der Waals surface area contributed by atoms with Crippen LogP contribution in [0.15, 0.2) is 0 Å². The summed E-state index contributed by atoms with van der Waals surface area (Å²) in [6.45, 7) is 1.74. The molecule has 0 aliphatic heterocycles. The highest BCUT2D eigenvalue weighted by Gasteiger charge is 2.18. The molecular weight excluding hydrogens is 362 g/mol. The van der Waals surface area contributed by atoms with E-state index in [2.05, 4.69) is 5.32 Å². The van der Waals surface area contributed by atoms with Crippen LogP contribution in [0.25, 0.3) is 0 Å². The van der Waals surface area contributed by atoms with Gasteiger partial charge in [-0.15, -0.1) is 0 Å². The fourth-order valence-corrected chi connectivity index (χ4v) is 2.15. The quantitative estimate of drug-likeness (QED) is 0.221. The number of carbonyl (C=O) groups is 4. The maximum atomic E-state index is 11.9. The van der Waals surface area contributed by atoms with Gasteiger partial charge in [0.25, 0.3) is 0 Å². The first-order chi connectivity index (χ1) is 12.7. The molecule has 0 aromatic carbocycles. The lowest BCUT2D eigenvalue weighted by Gasteiger charge is -2.24. The van der Waals surface area contributed by atoms with E-state index in [1.165, 1.54) is 4.90 Å². The van der Waals surface area contributed by atoms with Crippen LogP contribution in [0.3, 0.4) is 0 Å². The predicted molar refractivity (Wildman–Crippen MR) is 94.5 cm³/mol. The van der Waals surface area contributed by atoms with Crippen molar-refractivity contribution < 1.29 is 39.2 Å². The number of amides is 1. The third kappa shape index (κ3) is 15.7. The standard InChI is InChI=1S/C16H29N3O8/c1-2-3-7-27-8-4-17-13(20)9-18(10-14(21)22)5-6-19(11-15(23)24)12-16(25)26/h2-12H2,1H3,(H,17,20)(H,21,22)(H,23,24)(H,25,26). The SMILES string of the molecule is CCCCOCCNC(=O)CN(CCN(CC(=O)O)CC(=O)O)CC(=O)O. The van der Waals surface area contributed by atoms with E-state index in [1.807, 2.05) is 6.92 Å². The van der Waals surface area contributed by atoms with Crippen LogP contribution in [0, 0.1) is 0 Å². The number of hydrogen-bond acceptors (Lipinski definition) is 7. The number of carbonyl (C=O) groups excluding carboxylic acids is 1. The van der Waals surface area contributed by atoms with Crippen LogP contribution in [0.5, 0.6) is 0 Å². The minimum absolute atomic E-state index is 0.000705. The first-order valence-electron chi connectivity index (χ1n) is 8.69. The average Bonchev–Trinajstić information content (AvgIpc) is 2.54. The van der Waals surface area contributed by atoms with Crippen LogP contribution in [0.1, 0.15) is 19.8 Å². The van der Waals surface area contributed by atoms with Crippen LogP contribution in [0.4, 0.5) is 0 Å². The van der Waals surface area contributed by atoms with Crippen molar-refractivity contribution in [3.05, 3.63) is 0 Å². The van der Waals surface area contributed by atoms with Crippen LogP contribution in [0.2, 0.25) is 0 Å². The van der Waals surface area contributed by atoms with Crippen LogP contribution >= 0.6 is 0 Å². The summed E-state index contributed by atoms with van der Waals surface area (Å²) < 4.78 is 5.31. The molecule has 4 N–H and O–H groups in total. The summed E-state index contributed by atoms with van der Waals surface area (Å²) in [5.74, 6) is -3.92. The molecule has 11 heteroatoms. The lowest BCUT2D eigenvalue weighted by molar-refractivity contribution is -0.143. The van der Waals surface area contributed by atoms with Gasteiger partial charge in [-0.2, -0.15) is 0 Å². The van der Waals surface area contributed by atoms with E-state index >= 15 is 0 Å². The monoisotopic (exact) mass is 391 g/mol. The smallest absolute Gasteiger partial charge is 0.317 e. The summed E-state index contributed by atoms with van der Waals surface area (Å²) in [5.41, 5.74) is 0. The van der Waals surface area contributed by atoms with Gasteiger partial charge in [-0.05, 0) is 6.42 Å². The van der Waals surface area contributed by atoms with Gasteiger partial charge in [0, 0.05) is 26.2 Å². The van der Waals surface area contributed by atoms with Gasteiger partial charge in [0.1, 0.15) is 0 Å². The molecule has 0 saturated heterocycles. The molecule has 27 heavy (non-hydrogen) atoms. The number of nitrogens with one attached hydrogen (secondary N) is 1. The van der Waals surface area contributed by atoms with Crippen molar-refractivity contribution >= 4 is 23.8 Å². The molecule has 0 aliphatic carbocycles. The molecule has 1 amide bonds. The Labute approximate surface area is 157 Å². The van der Waals surface area contributed by atoms with E-state index in [1.54, 1.807) is 0 Å². The first-order valence-corrected chi connectivity index (χ1v) is 8.69. The Morgan fingerprint density at radius 1 is 0.815 bits per heavy atom. The third-order valence-corrected chi connectivity index (χ3v) is 3.39. The van der Waals surface area contributed by atoms with Crippen LogP contribution in [-0.4, -0.2) is 108 Å². The summed E-state index contributed by atoms with van der Waals surface area (Å²) in [5, 5.41) is 29.2. The summed E-state index contributed by atoms with van der Waals surface area (Å²) in [7, 11) is 0. The summed E-state index contributed by atoms with van der Waals surface area (Å²) in [6, 6.07) is 0. The number of ether oxygens (including phenoxy) is 1. The number of carboxylic acid groups (broad SMARTS) is 3. The Kier molecular flexibility index (Phi) is 13.6. The predicted octanol–water partition coefficient (Wildman–Crippen LogP) is -1.22. The zero-order valence-electron chi connectivity index (χ0n) is 15.6. The van der Waals surface area contributed by atoms with Crippen molar-refractivity contribution in [2.45, 2.75) is 19.8 Å². The van der Waals surface area contributed by atoms with Crippen molar-refractivity contribution in [1.82, 2.24) is 15.1 Å². The number of aliphatic carboxylic acids is 3. The second-order valence-corrected chi connectivity index (χ2v) is 5.92. The maximum Gasteiger partial charge on any atom is 0.317 e. The number of rotatable bonds is 17. The Bertz CT molecular complexity index is 470. The molecule has 0 aliphatic rings. The van der Waals surface area contributed by atoms with Crippen LogP contribution < -0.4 is 5.32 Å². The molecule has 156 valence electrons. The van der Waals surface area contributed by atoms with Gasteiger partial charge in [-0.3, -0.25) is 29.0 Å². The van der Waals surface area contributed by atoms with E-state index in [0.717, 1.165) is 17.7 Å². The average molecular weight is 391 g/mol. The molecule has 0 atom stereocenters. The maximum absolute atomic E-state index is 11.9. The van der Waals surface area contributed by atoms with E-state index in [0.29, 0.717) is 19.8 Å². The molecule has 0 saturated carbocycles. The molecule has 0 bridgehead atoms. The Morgan fingerprint density at radius 2 is 1.30 bits per heavy atom. The molecule has 0 unspecified atom stereocenters. The highest BCUT2D eigenvalue weighted by molar-refractivity contribution is 5.79. The lowest BCUT2D eigenvalue weighted by atomic mass is 10.3. The molecular formula is C16H29N3O8. The fraction of sp³-hybridized carbons (Fsp3) is 0.750. The van der Waals surface area contributed by atoms with Crippen molar-refractivity contribution in [2.75, 3.05) is 59.0 Å². The molecule has 11 nitrogen and oxygen atoms in total. The molecule has 0 aromatic rings. The van der Waals surface area contributed by atoms with E-state index in [9.17, 15) is 19.2 Å². The fourth-order valence-electron chi connectivity index (χ4n) is 2.15. The molecule has 0 aromatic heterocycles. The van der Waals surface area contributed by atoms with Gasteiger partial charge in [0.2, 0.25) is 5.91 Å². The number of hydrogen-bond donors (Lipinski definition) is 4. The Morgan fingerprint density at radius 3 is 1.74 bits per heavy atom. The van der Waals surface area contributed by atoms with Crippen molar-refractivity contribution in [2.24, 2.45) is 0 Å². The van der Waals surface area contributed by atoms with Gasteiger partial charge in [-0.25, -0.2) is 0 Å². The van der Waals surface area contributed by atoms with E-state index in [-0.39, 0.29) is 19.6 Å². The highest BCUT2D eigenvalue weighted by atomic mass is 16.5. The Balaban J connectivity index is 4.42. The zero-order valence-corrected chi connectivity index (χ0v) is 15.6. The number of unbranched alkanes of at least 4 members (excludes halogenated alkanes) is 1. The molecule has 0 spiro atoms. The molecule has 0 heterocycles. The zero-order chi connectivity index (χ0) is 20.7. The van der Waals surface area contributed by atoms with Crippen LogP contribution in [-0.2, 0) is 23.9 Å². The van der Waals surface area contributed by atoms with Crippen molar-refractivity contribution in [3.63, 3.8) is 0 Å². The van der Waals surface area contributed by atoms with Gasteiger partial charge in [0.15, 0.2) is 0 Å². The summed E-state index contributed by atoms with van der Waals surface area (Å²) in [4.78, 5) is 46.9. The minimum atomic E-state index is -1.19. The van der Waals surface area contributed by atoms with Gasteiger partial charge in [-0.1, -0.05) is 13.3 Å². The van der Waals surface area contributed by atoms with Crippen molar-refractivity contribution in [3.8, 4) is 0 Å². The Hall–Kier alpha value is -2.24. The largest absolute Gasteiger partial charge is 0.480 e. The second-order valence-electron chi connectivity index (χ2n) is 5.92. The van der Waals surface area contributed by atoms with E-state index < -0.39 is 43.4 Å². The first kappa shape index (κ1) is 24.8. The second kappa shape index (κ2) is 14.9. The van der Waals surface area contributed by atoms with Crippen molar-refractivity contribution in [1.29, 1.82) is 0 Å². The van der Waals surface area contributed by atoms with Gasteiger partial charge < -0.3 is 25.4 Å². The number of nitrogens with zero attached hydrogens (tertiary/aromatic N) is 2. The topological polar surface area (TPSA) is 157 Å². The van der Waals surface area contributed by atoms with E-state index in [4.69, 9.17) is 20.1 Å². The highest BCUT2D eigenvalue weighted by Crippen LogP contribution is 1.94. The van der Waals surface area contributed by atoms with Gasteiger partial charge >= 0.3 is 17.9 Å². The summed E-state index contributed by atoms with van der Waals surface area (Å²) in [6.07, 6.45) is 1.95. The lowest BCUT2D eigenvalue weighted by Crippen LogP contribution is -2.45. The normalized spacial score (nSPS) is 10.9. The number of carboxylic acids is 3. The molecule has 0 fully saturated rings. The van der Waals surface area contributed by atoms with Gasteiger partial charge in [0.05, 0.1) is 32.8 Å². The summed E-state index contributed by atoms with van der Waals surface area (Å²) >= 11 is 0. The minimum Gasteiger partial charge on any atom is -0.480 e. The third-order valence-electron chi connectivity index (χ3n) is 3.39.